The highest BCUT2D eigenvalue weighted by Crippen LogP contribution is 2.41. The maximum absolute atomic E-state index is 13.9. The lowest BCUT2D eigenvalue weighted by molar-refractivity contribution is -0.135. The fraction of sp³-hybridized carbons (Fsp3) is 0.500. The zero-order chi connectivity index (χ0) is 24.1. The first-order chi connectivity index (χ1) is 15.4. The van der Waals surface area contributed by atoms with Crippen LogP contribution in [0.25, 0.3) is 11.5 Å². The van der Waals surface area contributed by atoms with E-state index in [4.69, 9.17) is 4.42 Å². The molecule has 2 atom stereocenters. The van der Waals surface area contributed by atoms with Crippen LogP contribution in [0.2, 0.25) is 0 Å². The molecule has 1 saturated carbocycles. The number of rotatable bonds is 5. The standard InChI is InChI=1S/C18H16F6N4O4S/c19-13(20)15(29)25-10-6-18(23,24)4-3-11(10)28-7-9-2-1-8(5-12(9)33(28,30)31)16-26-27-17(32-16)14(21)22/h1-2,5,10-11,13-14H,3-4,6-7H2,(H,25,29)/t10-,11-/m1/s1. The molecule has 0 radical (unpaired) electrons. The lowest BCUT2D eigenvalue weighted by Crippen LogP contribution is -2.57. The van der Waals surface area contributed by atoms with Crippen LogP contribution in [0.3, 0.4) is 0 Å². The Morgan fingerprint density at radius 2 is 1.94 bits per heavy atom. The number of carbonyl (C=O) groups excluding carboxylic acids is 1. The summed E-state index contributed by atoms with van der Waals surface area (Å²) in [5.41, 5.74) is 0.305. The smallest absolute Gasteiger partial charge is 0.315 e. The molecule has 0 saturated heterocycles. The number of hydrogen-bond acceptors (Lipinski definition) is 6. The molecule has 180 valence electrons. The minimum Gasteiger partial charge on any atom is -0.415 e. The topological polar surface area (TPSA) is 105 Å². The molecule has 2 heterocycles. The molecule has 1 fully saturated rings. The van der Waals surface area contributed by atoms with Gasteiger partial charge in [-0.2, -0.15) is 21.9 Å². The Labute approximate surface area is 183 Å². The van der Waals surface area contributed by atoms with Crippen molar-refractivity contribution in [1.82, 2.24) is 19.8 Å². The minimum atomic E-state index is -4.30. The molecule has 1 aromatic carbocycles. The first-order valence-electron chi connectivity index (χ1n) is 9.62. The SMILES string of the molecule is O=C(N[C@@H]1CC(F)(F)CC[C@H]1N1Cc2ccc(-c3nnc(C(F)F)o3)cc2S1(=O)=O)C(F)F. The van der Waals surface area contributed by atoms with Crippen LogP contribution in [-0.2, 0) is 21.4 Å². The van der Waals surface area contributed by atoms with Gasteiger partial charge in [-0.05, 0) is 24.1 Å². The van der Waals surface area contributed by atoms with Gasteiger partial charge >= 0.3 is 12.9 Å². The fourth-order valence-corrected chi connectivity index (χ4v) is 5.94. The van der Waals surface area contributed by atoms with Gasteiger partial charge in [0.2, 0.25) is 21.8 Å². The van der Waals surface area contributed by atoms with E-state index in [-0.39, 0.29) is 34.9 Å². The van der Waals surface area contributed by atoms with E-state index in [2.05, 4.69) is 10.2 Å². The molecule has 2 aliphatic rings. The third-order valence-electron chi connectivity index (χ3n) is 5.54. The van der Waals surface area contributed by atoms with Gasteiger partial charge < -0.3 is 9.73 Å². The van der Waals surface area contributed by atoms with Crippen LogP contribution in [0.5, 0.6) is 0 Å². The van der Waals surface area contributed by atoms with Crippen molar-refractivity contribution in [3.05, 3.63) is 29.7 Å². The second-order valence-corrected chi connectivity index (χ2v) is 9.56. The van der Waals surface area contributed by atoms with Crippen LogP contribution in [0, 0.1) is 0 Å². The highest BCUT2D eigenvalue weighted by molar-refractivity contribution is 7.89. The number of nitrogens with zero attached hydrogens (tertiary/aromatic N) is 3. The highest BCUT2D eigenvalue weighted by Gasteiger charge is 2.49. The maximum Gasteiger partial charge on any atom is 0.315 e. The number of alkyl halides is 6. The lowest BCUT2D eigenvalue weighted by atomic mass is 9.87. The third kappa shape index (κ3) is 4.43. The maximum atomic E-state index is 13.9. The van der Waals surface area contributed by atoms with Crippen LogP contribution >= 0.6 is 0 Å². The third-order valence-corrected chi connectivity index (χ3v) is 7.49. The summed E-state index contributed by atoms with van der Waals surface area (Å²) in [6.07, 6.45) is -8.54. The average Bonchev–Trinajstić information content (AvgIpc) is 3.31. The largest absolute Gasteiger partial charge is 0.415 e. The first kappa shape index (κ1) is 23.5. The van der Waals surface area contributed by atoms with Crippen molar-refractivity contribution >= 4 is 15.9 Å². The van der Waals surface area contributed by atoms with E-state index in [0.29, 0.717) is 0 Å². The molecule has 15 heteroatoms. The van der Waals surface area contributed by atoms with Gasteiger partial charge in [0.25, 0.3) is 11.8 Å². The molecule has 1 N–H and O–H groups in total. The monoisotopic (exact) mass is 498 g/mol. The number of hydrogen-bond donors (Lipinski definition) is 1. The number of amides is 1. The number of fused-ring (bicyclic) bond motifs is 1. The van der Waals surface area contributed by atoms with Crippen molar-refractivity contribution in [2.45, 2.75) is 61.6 Å². The molecule has 4 rings (SSSR count). The van der Waals surface area contributed by atoms with Gasteiger partial charge in [-0.15, -0.1) is 10.2 Å². The van der Waals surface area contributed by atoms with Crippen molar-refractivity contribution in [3.63, 3.8) is 0 Å². The van der Waals surface area contributed by atoms with Crippen LogP contribution < -0.4 is 5.32 Å². The molecule has 2 aromatic rings. The molecule has 1 amide bonds. The summed E-state index contributed by atoms with van der Waals surface area (Å²) in [6, 6.07) is 1.13. The molecule has 1 aliphatic heterocycles. The van der Waals surface area contributed by atoms with Crippen LogP contribution in [0.15, 0.2) is 27.5 Å². The second-order valence-electron chi connectivity index (χ2n) is 7.70. The zero-order valence-electron chi connectivity index (χ0n) is 16.5. The van der Waals surface area contributed by atoms with Crippen molar-refractivity contribution in [2.24, 2.45) is 0 Å². The first-order valence-corrected chi connectivity index (χ1v) is 11.1. The number of halogens is 6. The summed E-state index contributed by atoms with van der Waals surface area (Å²) in [4.78, 5) is 11.2. The molecule has 0 bridgehead atoms. The van der Waals surface area contributed by atoms with Gasteiger partial charge in [-0.1, -0.05) is 6.07 Å². The molecule has 1 aliphatic carbocycles. The molecular formula is C18H16F6N4O4S. The number of aromatic nitrogens is 2. The molecule has 0 spiro atoms. The van der Waals surface area contributed by atoms with Gasteiger partial charge in [0.15, 0.2) is 0 Å². The summed E-state index contributed by atoms with van der Waals surface area (Å²) < 4.78 is 111. The van der Waals surface area contributed by atoms with Gasteiger partial charge in [0, 0.05) is 31.0 Å². The van der Waals surface area contributed by atoms with E-state index in [0.717, 1.165) is 10.4 Å². The second kappa shape index (κ2) is 8.27. The quantitative estimate of drug-likeness (QED) is 0.636. The Bertz CT molecular complexity index is 1170. The van der Waals surface area contributed by atoms with Crippen molar-refractivity contribution in [1.29, 1.82) is 0 Å². The van der Waals surface area contributed by atoms with E-state index in [9.17, 15) is 39.6 Å². The van der Waals surface area contributed by atoms with Crippen molar-refractivity contribution in [2.75, 3.05) is 0 Å². The molecule has 0 unspecified atom stereocenters. The molecule has 1 aromatic heterocycles. The number of carbonyl (C=O) groups is 1. The molecule has 33 heavy (non-hydrogen) atoms. The number of sulfonamides is 1. The van der Waals surface area contributed by atoms with E-state index in [1.165, 1.54) is 12.1 Å². The van der Waals surface area contributed by atoms with Crippen LogP contribution in [0.1, 0.15) is 37.1 Å². The molecular weight excluding hydrogens is 482 g/mol. The normalized spacial score (nSPS) is 24.2. The Kier molecular flexibility index (Phi) is 5.88. The van der Waals surface area contributed by atoms with E-state index in [1.807, 2.05) is 5.32 Å². The fourth-order valence-electron chi connectivity index (χ4n) is 4.03. The molecule has 8 nitrogen and oxygen atoms in total. The summed E-state index contributed by atoms with van der Waals surface area (Å²) >= 11 is 0. The van der Waals surface area contributed by atoms with Crippen LogP contribution in [-0.4, -0.2) is 53.3 Å². The zero-order valence-corrected chi connectivity index (χ0v) is 17.3. The summed E-state index contributed by atoms with van der Waals surface area (Å²) in [7, 11) is -4.30. The summed E-state index contributed by atoms with van der Waals surface area (Å²) in [6.45, 7) is -0.249. The number of benzene rings is 1. The Balaban J connectivity index is 1.64. The Hall–Kier alpha value is -2.68. The Morgan fingerprint density at radius 3 is 2.58 bits per heavy atom. The van der Waals surface area contributed by atoms with Crippen molar-refractivity contribution < 1.29 is 44.0 Å². The van der Waals surface area contributed by atoms with Gasteiger partial charge in [-0.25, -0.2) is 17.2 Å². The van der Waals surface area contributed by atoms with E-state index < -0.39 is 65.5 Å². The van der Waals surface area contributed by atoms with E-state index in [1.54, 1.807) is 0 Å². The summed E-state index contributed by atoms with van der Waals surface area (Å²) in [5.74, 6) is -6.33. The van der Waals surface area contributed by atoms with Gasteiger partial charge in [0.1, 0.15) is 0 Å². The van der Waals surface area contributed by atoms with Gasteiger partial charge in [-0.3, -0.25) is 4.79 Å². The number of nitrogens with one attached hydrogen (secondary N) is 1. The van der Waals surface area contributed by atoms with E-state index >= 15 is 0 Å². The van der Waals surface area contributed by atoms with Crippen molar-refractivity contribution in [3.8, 4) is 11.5 Å². The lowest BCUT2D eigenvalue weighted by Gasteiger charge is -2.40. The predicted octanol–water partition coefficient (Wildman–Crippen LogP) is 3.12. The highest BCUT2D eigenvalue weighted by atomic mass is 32.2. The predicted molar refractivity (Wildman–Crippen MR) is 97.9 cm³/mol. The van der Waals surface area contributed by atoms with Gasteiger partial charge in [0.05, 0.1) is 10.9 Å². The average molecular weight is 498 g/mol. The van der Waals surface area contributed by atoms with Crippen LogP contribution in [0.4, 0.5) is 26.3 Å². The minimum absolute atomic E-state index is 0.0382. The Morgan fingerprint density at radius 1 is 1.21 bits per heavy atom. The summed E-state index contributed by atoms with van der Waals surface area (Å²) in [5, 5.41) is 8.47.